The first-order chi connectivity index (χ1) is 14.6. The summed E-state index contributed by atoms with van der Waals surface area (Å²) in [5.41, 5.74) is 3.17. The fourth-order valence-electron chi connectivity index (χ4n) is 3.94. The number of aromatic nitrogens is 2. The SMILES string of the molecule is COc1ccc(-c2noc(CC3CCN(C(=O)Cc4cccc(C)c4)CC3)n2)cc1. The number of carbonyl (C=O) groups excluding carboxylic acids is 1. The van der Waals surface area contributed by atoms with Gasteiger partial charge in [0.15, 0.2) is 0 Å². The summed E-state index contributed by atoms with van der Waals surface area (Å²) in [4.78, 5) is 19.2. The van der Waals surface area contributed by atoms with Crippen LogP contribution in [0.25, 0.3) is 11.4 Å². The molecule has 3 aromatic rings. The fourth-order valence-corrected chi connectivity index (χ4v) is 3.94. The highest BCUT2D eigenvalue weighted by Gasteiger charge is 2.24. The molecule has 0 radical (unpaired) electrons. The Balaban J connectivity index is 1.28. The molecule has 156 valence electrons. The number of likely N-dealkylation sites (tertiary alicyclic amines) is 1. The van der Waals surface area contributed by atoms with E-state index in [0.717, 1.165) is 49.2 Å². The molecule has 0 spiro atoms. The third-order valence-corrected chi connectivity index (χ3v) is 5.68. The van der Waals surface area contributed by atoms with Crippen molar-refractivity contribution in [2.75, 3.05) is 20.2 Å². The number of rotatable bonds is 6. The number of benzene rings is 2. The Morgan fingerprint density at radius 1 is 1.17 bits per heavy atom. The molecule has 0 aliphatic carbocycles. The summed E-state index contributed by atoms with van der Waals surface area (Å²) in [5, 5.41) is 4.11. The van der Waals surface area contributed by atoms with E-state index in [1.165, 1.54) is 5.56 Å². The highest BCUT2D eigenvalue weighted by atomic mass is 16.5. The minimum Gasteiger partial charge on any atom is -0.497 e. The maximum atomic E-state index is 12.6. The molecule has 4 rings (SSSR count). The van der Waals surface area contributed by atoms with Gasteiger partial charge in [0.2, 0.25) is 17.6 Å². The van der Waals surface area contributed by atoms with Gasteiger partial charge in [-0.1, -0.05) is 35.0 Å². The van der Waals surface area contributed by atoms with Gasteiger partial charge in [-0.25, -0.2) is 0 Å². The van der Waals surface area contributed by atoms with Gasteiger partial charge in [0.05, 0.1) is 13.5 Å². The number of ether oxygens (including phenoxy) is 1. The van der Waals surface area contributed by atoms with Gasteiger partial charge in [-0.05, 0) is 55.5 Å². The molecule has 1 saturated heterocycles. The van der Waals surface area contributed by atoms with Crippen LogP contribution in [-0.4, -0.2) is 41.1 Å². The Morgan fingerprint density at radius 2 is 1.93 bits per heavy atom. The second-order valence-electron chi connectivity index (χ2n) is 7.93. The Kier molecular flexibility index (Phi) is 6.12. The second kappa shape index (κ2) is 9.11. The number of piperidine rings is 1. The predicted octanol–water partition coefficient (Wildman–Crippen LogP) is 4.08. The third kappa shape index (κ3) is 4.87. The summed E-state index contributed by atoms with van der Waals surface area (Å²) < 4.78 is 10.7. The Hall–Kier alpha value is -3.15. The van der Waals surface area contributed by atoms with Crippen LogP contribution in [0.3, 0.4) is 0 Å². The zero-order chi connectivity index (χ0) is 20.9. The van der Waals surface area contributed by atoms with Gasteiger partial charge in [-0.2, -0.15) is 4.98 Å². The molecular weight excluding hydrogens is 378 g/mol. The average molecular weight is 405 g/mol. The summed E-state index contributed by atoms with van der Waals surface area (Å²) >= 11 is 0. The zero-order valence-electron chi connectivity index (χ0n) is 17.5. The van der Waals surface area contributed by atoms with Gasteiger partial charge in [-0.15, -0.1) is 0 Å². The molecule has 6 heteroatoms. The van der Waals surface area contributed by atoms with E-state index in [1.54, 1.807) is 7.11 Å². The highest BCUT2D eigenvalue weighted by Crippen LogP contribution is 2.24. The van der Waals surface area contributed by atoms with Crippen molar-refractivity contribution >= 4 is 5.91 Å². The summed E-state index contributed by atoms with van der Waals surface area (Å²) in [5.74, 6) is 2.71. The van der Waals surface area contributed by atoms with Gasteiger partial charge in [0.25, 0.3) is 0 Å². The van der Waals surface area contributed by atoms with E-state index in [0.29, 0.717) is 24.1 Å². The van der Waals surface area contributed by atoms with Crippen LogP contribution in [0.2, 0.25) is 0 Å². The molecule has 2 aromatic carbocycles. The molecule has 1 aromatic heterocycles. The molecule has 0 N–H and O–H groups in total. The Morgan fingerprint density at radius 3 is 2.63 bits per heavy atom. The van der Waals surface area contributed by atoms with E-state index in [1.807, 2.05) is 41.3 Å². The molecule has 0 saturated carbocycles. The minimum atomic E-state index is 0.207. The second-order valence-corrected chi connectivity index (χ2v) is 7.93. The first-order valence-corrected chi connectivity index (χ1v) is 10.4. The lowest BCUT2D eigenvalue weighted by atomic mass is 9.93. The van der Waals surface area contributed by atoms with Gasteiger partial charge >= 0.3 is 0 Å². The van der Waals surface area contributed by atoms with E-state index in [-0.39, 0.29) is 5.91 Å². The van der Waals surface area contributed by atoms with Crippen LogP contribution in [-0.2, 0) is 17.6 Å². The van der Waals surface area contributed by atoms with Crippen LogP contribution in [0.15, 0.2) is 53.1 Å². The fraction of sp³-hybridized carbons (Fsp3) is 0.375. The van der Waals surface area contributed by atoms with Crippen molar-refractivity contribution in [1.82, 2.24) is 15.0 Å². The lowest BCUT2D eigenvalue weighted by Crippen LogP contribution is -2.39. The smallest absolute Gasteiger partial charge is 0.227 e. The van der Waals surface area contributed by atoms with E-state index in [9.17, 15) is 4.79 Å². The van der Waals surface area contributed by atoms with Gasteiger partial charge in [0, 0.05) is 25.1 Å². The monoisotopic (exact) mass is 405 g/mol. The number of aryl methyl sites for hydroxylation is 1. The molecule has 1 aliphatic rings. The van der Waals surface area contributed by atoms with Crippen LogP contribution in [0.4, 0.5) is 0 Å². The molecule has 1 fully saturated rings. The standard InChI is InChI=1S/C24H27N3O3/c1-17-4-3-5-19(14-17)16-23(28)27-12-10-18(11-13-27)15-22-25-24(26-30-22)20-6-8-21(29-2)9-7-20/h3-9,14,18H,10-13,15-16H2,1-2H3. The maximum Gasteiger partial charge on any atom is 0.227 e. The van der Waals surface area contributed by atoms with Crippen LogP contribution >= 0.6 is 0 Å². The number of carbonyl (C=O) groups is 1. The van der Waals surface area contributed by atoms with Gasteiger partial charge < -0.3 is 14.2 Å². The van der Waals surface area contributed by atoms with E-state index in [2.05, 4.69) is 29.2 Å². The summed E-state index contributed by atoms with van der Waals surface area (Å²) in [6.07, 6.45) is 3.14. The normalized spacial score (nSPS) is 14.7. The van der Waals surface area contributed by atoms with Crippen molar-refractivity contribution in [1.29, 1.82) is 0 Å². The molecular formula is C24H27N3O3. The largest absolute Gasteiger partial charge is 0.497 e. The summed E-state index contributed by atoms with van der Waals surface area (Å²) in [7, 11) is 1.64. The van der Waals surface area contributed by atoms with E-state index < -0.39 is 0 Å². The lowest BCUT2D eigenvalue weighted by molar-refractivity contribution is -0.131. The molecule has 2 heterocycles. The molecule has 0 atom stereocenters. The number of amides is 1. The minimum absolute atomic E-state index is 0.207. The van der Waals surface area contributed by atoms with Crippen molar-refractivity contribution < 1.29 is 14.1 Å². The Labute approximate surface area is 176 Å². The first kappa shape index (κ1) is 20.1. The van der Waals surface area contributed by atoms with Crippen molar-refractivity contribution in [2.24, 2.45) is 5.92 Å². The topological polar surface area (TPSA) is 68.5 Å². The van der Waals surface area contributed by atoms with Crippen LogP contribution in [0.1, 0.15) is 29.9 Å². The number of hydrogen-bond donors (Lipinski definition) is 0. The lowest BCUT2D eigenvalue weighted by Gasteiger charge is -2.31. The van der Waals surface area contributed by atoms with Crippen molar-refractivity contribution in [3.8, 4) is 17.1 Å². The summed E-state index contributed by atoms with van der Waals surface area (Å²) in [6, 6.07) is 15.8. The third-order valence-electron chi connectivity index (χ3n) is 5.68. The zero-order valence-corrected chi connectivity index (χ0v) is 17.5. The number of nitrogens with zero attached hydrogens (tertiary/aromatic N) is 3. The first-order valence-electron chi connectivity index (χ1n) is 10.4. The molecule has 1 aliphatic heterocycles. The van der Waals surface area contributed by atoms with Gasteiger partial charge in [0.1, 0.15) is 5.75 Å². The molecule has 30 heavy (non-hydrogen) atoms. The molecule has 1 amide bonds. The quantitative estimate of drug-likeness (QED) is 0.618. The Bertz CT molecular complexity index is 989. The van der Waals surface area contributed by atoms with Gasteiger partial charge in [-0.3, -0.25) is 4.79 Å². The van der Waals surface area contributed by atoms with E-state index in [4.69, 9.17) is 9.26 Å². The molecule has 0 unspecified atom stereocenters. The molecule has 6 nitrogen and oxygen atoms in total. The average Bonchev–Trinajstić information content (AvgIpc) is 3.23. The highest BCUT2D eigenvalue weighted by molar-refractivity contribution is 5.78. The van der Waals surface area contributed by atoms with Crippen molar-refractivity contribution in [3.63, 3.8) is 0 Å². The molecule has 0 bridgehead atoms. The van der Waals surface area contributed by atoms with Crippen LogP contribution in [0.5, 0.6) is 5.75 Å². The number of methoxy groups -OCH3 is 1. The van der Waals surface area contributed by atoms with Crippen LogP contribution in [0, 0.1) is 12.8 Å². The van der Waals surface area contributed by atoms with Crippen LogP contribution < -0.4 is 4.74 Å². The maximum absolute atomic E-state index is 12.6. The predicted molar refractivity (Wildman–Crippen MR) is 114 cm³/mol. The van der Waals surface area contributed by atoms with E-state index >= 15 is 0 Å². The number of hydrogen-bond acceptors (Lipinski definition) is 5. The van der Waals surface area contributed by atoms with Crippen molar-refractivity contribution in [2.45, 2.75) is 32.6 Å². The summed E-state index contributed by atoms with van der Waals surface area (Å²) in [6.45, 7) is 3.63. The van der Waals surface area contributed by atoms with Crippen molar-refractivity contribution in [3.05, 3.63) is 65.5 Å².